The molecule has 0 bridgehead atoms. The molecular formula is C19H20FNO2. The third kappa shape index (κ3) is 4.64. The minimum atomic E-state index is -1.52. The van der Waals surface area contributed by atoms with Crippen molar-refractivity contribution in [1.29, 1.82) is 0 Å². The first-order chi connectivity index (χ1) is 11.2. The largest absolute Gasteiger partial charge is 0.379 e. The molecule has 2 aromatic carbocycles. The van der Waals surface area contributed by atoms with E-state index in [0.29, 0.717) is 11.1 Å². The Morgan fingerprint density at radius 1 is 1.00 bits per heavy atom. The molecule has 2 N–H and O–H groups in total. The maximum Gasteiger partial charge on any atom is 0.176 e. The van der Waals surface area contributed by atoms with Gasteiger partial charge < -0.3 is 15.2 Å². The van der Waals surface area contributed by atoms with E-state index in [1.807, 2.05) is 6.07 Å². The van der Waals surface area contributed by atoms with Gasteiger partial charge in [-0.2, -0.15) is 0 Å². The van der Waals surface area contributed by atoms with Gasteiger partial charge in [-0.05, 0) is 12.1 Å². The van der Waals surface area contributed by atoms with Gasteiger partial charge in [0.25, 0.3) is 0 Å². The van der Waals surface area contributed by atoms with Crippen LogP contribution in [0.15, 0.2) is 54.6 Å². The zero-order chi connectivity index (χ0) is 16.5. The number of hydrogen-bond acceptors (Lipinski definition) is 3. The second-order valence-electron chi connectivity index (χ2n) is 5.09. The predicted molar refractivity (Wildman–Crippen MR) is 88.4 cm³/mol. The summed E-state index contributed by atoms with van der Waals surface area (Å²) in [4.78, 5) is 0. The van der Waals surface area contributed by atoms with E-state index < -0.39 is 5.60 Å². The van der Waals surface area contributed by atoms with Crippen molar-refractivity contribution in [3.63, 3.8) is 0 Å². The number of rotatable bonds is 2. The van der Waals surface area contributed by atoms with E-state index in [0.717, 1.165) is 26.3 Å². The minimum absolute atomic E-state index is 0.360. The highest BCUT2D eigenvalue weighted by molar-refractivity contribution is 5.43. The van der Waals surface area contributed by atoms with Crippen LogP contribution in [0, 0.1) is 18.2 Å². The molecule has 0 radical (unpaired) electrons. The van der Waals surface area contributed by atoms with Crippen LogP contribution in [0.1, 0.15) is 11.1 Å². The molecule has 0 saturated carbocycles. The zero-order valence-electron chi connectivity index (χ0n) is 12.8. The summed E-state index contributed by atoms with van der Waals surface area (Å²) in [5, 5.41) is 13.7. The van der Waals surface area contributed by atoms with Gasteiger partial charge >= 0.3 is 0 Å². The summed E-state index contributed by atoms with van der Waals surface area (Å²) in [6, 6.07) is 14.4. The summed E-state index contributed by atoms with van der Waals surface area (Å²) in [5.41, 5.74) is -0.448. The first kappa shape index (κ1) is 17.2. The Balaban J connectivity index is 0.000000268. The van der Waals surface area contributed by atoms with Crippen LogP contribution < -0.4 is 5.32 Å². The fourth-order valence-corrected chi connectivity index (χ4v) is 2.22. The number of morpholine rings is 1. The Morgan fingerprint density at radius 2 is 1.57 bits per heavy atom. The van der Waals surface area contributed by atoms with Gasteiger partial charge in [0.2, 0.25) is 0 Å². The molecule has 0 aliphatic carbocycles. The van der Waals surface area contributed by atoms with Crippen molar-refractivity contribution < 1.29 is 14.2 Å². The highest BCUT2D eigenvalue weighted by Gasteiger charge is 2.28. The lowest BCUT2D eigenvalue weighted by Gasteiger charge is -2.23. The molecule has 2 aromatic rings. The maximum atomic E-state index is 12.8. The van der Waals surface area contributed by atoms with Crippen molar-refractivity contribution in [2.45, 2.75) is 5.60 Å². The SMILES string of the molecule is C#CC(O)(c1ccccc1)c1ccc(F)cc1.C1COCCN1. The van der Waals surface area contributed by atoms with E-state index in [1.165, 1.54) is 24.3 Å². The van der Waals surface area contributed by atoms with E-state index in [1.54, 1.807) is 24.3 Å². The first-order valence-corrected chi connectivity index (χ1v) is 7.47. The van der Waals surface area contributed by atoms with Crippen LogP contribution >= 0.6 is 0 Å². The number of ether oxygens (including phenoxy) is 1. The molecule has 0 spiro atoms. The number of halogens is 1. The Kier molecular flexibility index (Phi) is 6.30. The van der Waals surface area contributed by atoms with Crippen molar-refractivity contribution in [3.8, 4) is 12.3 Å². The van der Waals surface area contributed by atoms with Gasteiger partial charge in [-0.1, -0.05) is 48.4 Å². The lowest BCUT2D eigenvalue weighted by Crippen LogP contribution is -2.30. The lowest BCUT2D eigenvalue weighted by molar-refractivity contribution is 0.109. The van der Waals surface area contributed by atoms with Crippen LogP contribution in [0.25, 0.3) is 0 Å². The van der Waals surface area contributed by atoms with Crippen LogP contribution in [-0.4, -0.2) is 31.4 Å². The molecule has 4 heteroatoms. The van der Waals surface area contributed by atoms with Crippen molar-refractivity contribution >= 4 is 0 Å². The van der Waals surface area contributed by atoms with Crippen LogP contribution in [-0.2, 0) is 10.3 Å². The van der Waals surface area contributed by atoms with Crippen molar-refractivity contribution in [2.75, 3.05) is 26.3 Å². The fraction of sp³-hybridized carbons (Fsp3) is 0.263. The Morgan fingerprint density at radius 3 is 2.00 bits per heavy atom. The Hall–Kier alpha value is -2.19. The van der Waals surface area contributed by atoms with Crippen LogP contribution in [0.2, 0.25) is 0 Å². The molecule has 1 heterocycles. The van der Waals surface area contributed by atoms with Gasteiger partial charge in [-0.25, -0.2) is 4.39 Å². The Labute approximate surface area is 136 Å². The summed E-state index contributed by atoms with van der Waals surface area (Å²) in [6.45, 7) is 3.83. The number of aliphatic hydroxyl groups is 1. The quantitative estimate of drug-likeness (QED) is 0.836. The van der Waals surface area contributed by atoms with E-state index >= 15 is 0 Å². The average Bonchev–Trinajstić information content (AvgIpc) is 2.64. The minimum Gasteiger partial charge on any atom is -0.379 e. The molecule has 120 valence electrons. The van der Waals surface area contributed by atoms with E-state index in [9.17, 15) is 9.50 Å². The van der Waals surface area contributed by atoms with E-state index in [4.69, 9.17) is 11.2 Å². The molecule has 3 rings (SSSR count). The van der Waals surface area contributed by atoms with Gasteiger partial charge in [0.15, 0.2) is 5.60 Å². The van der Waals surface area contributed by atoms with E-state index in [2.05, 4.69) is 11.2 Å². The second kappa shape index (κ2) is 8.44. The molecule has 3 nitrogen and oxygen atoms in total. The van der Waals surface area contributed by atoms with Gasteiger partial charge in [0.1, 0.15) is 5.82 Å². The zero-order valence-corrected chi connectivity index (χ0v) is 12.8. The number of terminal acetylenes is 1. The monoisotopic (exact) mass is 313 g/mol. The van der Waals surface area contributed by atoms with Gasteiger partial charge in [-0.15, -0.1) is 6.42 Å². The standard InChI is InChI=1S/C15H11FO.C4H9NO/c1-2-15(17,12-6-4-3-5-7-12)13-8-10-14(16)11-9-13;1-3-6-4-2-5-1/h1,3-11,17H;5H,1-4H2. The second-order valence-corrected chi connectivity index (χ2v) is 5.09. The molecule has 1 atom stereocenters. The highest BCUT2D eigenvalue weighted by Crippen LogP contribution is 2.28. The van der Waals surface area contributed by atoms with Crippen molar-refractivity contribution in [1.82, 2.24) is 5.32 Å². The molecular weight excluding hydrogens is 293 g/mol. The molecule has 1 aliphatic heterocycles. The molecule has 1 unspecified atom stereocenters. The van der Waals surface area contributed by atoms with Crippen LogP contribution in [0.3, 0.4) is 0 Å². The number of hydrogen-bond donors (Lipinski definition) is 2. The van der Waals surface area contributed by atoms with Gasteiger partial charge in [-0.3, -0.25) is 0 Å². The van der Waals surface area contributed by atoms with E-state index in [-0.39, 0.29) is 5.82 Å². The van der Waals surface area contributed by atoms with Crippen molar-refractivity contribution in [3.05, 3.63) is 71.5 Å². The Bertz CT molecular complexity index is 621. The van der Waals surface area contributed by atoms with Gasteiger partial charge in [0, 0.05) is 24.2 Å². The van der Waals surface area contributed by atoms with Crippen LogP contribution in [0.4, 0.5) is 4.39 Å². The first-order valence-electron chi connectivity index (χ1n) is 7.47. The maximum absolute atomic E-state index is 12.8. The van der Waals surface area contributed by atoms with Crippen LogP contribution in [0.5, 0.6) is 0 Å². The number of benzene rings is 2. The fourth-order valence-electron chi connectivity index (χ4n) is 2.22. The average molecular weight is 313 g/mol. The highest BCUT2D eigenvalue weighted by atomic mass is 19.1. The van der Waals surface area contributed by atoms with Gasteiger partial charge in [0.05, 0.1) is 13.2 Å². The topological polar surface area (TPSA) is 41.5 Å². The summed E-state index contributed by atoms with van der Waals surface area (Å²) >= 11 is 0. The molecule has 1 saturated heterocycles. The molecule has 0 aromatic heterocycles. The molecule has 1 fully saturated rings. The molecule has 1 aliphatic rings. The third-order valence-corrected chi connectivity index (χ3v) is 3.51. The summed E-state index contributed by atoms with van der Waals surface area (Å²) in [7, 11) is 0. The lowest BCUT2D eigenvalue weighted by atomic mass is 9.87. The normalized spacial score (nSPS) is 16.4. The van der Waals surface area contributed by atoms with Crippen molar-refractivity contribution in [2.24, 2.45) is 0 Å². The smallest absolute Gasteiger partial charge is 0.176 e. The summed E-state index contributed by atoms with van der Waals surface area (Å²) in [5.74, 6) is 2.00. The summed E-state index contributed by atoms with van der Waals surface area (Å²) in [6.07, 6.45) is 5.42. The predicted octanol–water partition coefficient (Wildman–Crippen LogP) is 2.30. The molecule has 23 heavy (non-hydrogen) atoms. The third-order valence-electron chi connectivity index (χ3n) is 3.51. The summed E-state index contributed by atoms with van der Waals surface area (Å²) < 4.78 is 17.9. The number of nitrogens with one attached hydrogen (secondary N) is 1. The molecule has 0 amide bonds.